The van der Waals surface area contributed by atoms with Crippen LogP contribution in [0.2, 0.25) is 0 Å². The number of aryl methyl sites for hydroxylation is 1. The second kappa shape index (κ2) is 7.53. The highest BCUT2D eigenvalue weighted by Crippen LogP contribution is 2.27. The molecule has 5 rings (SSSR count). The topological polar surface area (TPSA) is 185 Å². The van der Waals surface area contributed by atoms with Gasteiger partial charge < -0.3 is 16.0 Å². The van der Waals surface area contributed by atoms with Crippen LogP contribution < -0.4 is 26.4 Å². The van der Waals surface area contributed by atoms with E-state index < -0.39 is 22.0 Å². The number of hydrogen-bond donors (Lipinski definition) is 5. The first-order valence-electron chi connectivity index (χ1n) is 9.94. The van der Waals surface area contributed by atoms with Crippen molar-refractivity contribution in [2.45, 2.75) is 30.7 Å². The number of aromatic nitrogens is 4. The first-order chi connectivity index (χ1) is 15.7. The third kappa shape index (κ3) is 4.20. The lowest BCUT2D eigenvalue weighted by Gasteiger charge is -2.11. The predicted molar refractivity (Wildman–Crippen MR) is 118 cm³/mol. The van der Waals surface area contributed by atoms with Crippen molar-refractivity contribution in [2.24, 2.45) is 5.14 Å². The van der Waals surface area contributed by atoms with E-state index in [1.54, 1.807) is 19.1 Å². The van der Waals surface area contributed by atoms with E-state index in [9.17, 15) is 18.0 Å². The molecule has 0 radical (unpaired) electrons. The maximum absolute atomic E-state index is 11.9. The van der Waals surface area contributed by atoms with E-state index in [0.29, 0.717) is 28.4 Å². The van der Waals surface area contributed by atoms with Crippen LogP contribution in [0, 0.1) is 6.92 Å². The molecule has 14 heteroatoms. The van der Waals surface area contributed by atoms with Gasteiger partial charge in [0.15, 0.2) is 5.65 Å². The summed E-state index contributed by atoms with van der Waals surface area (Å²) in [4.78, 5) is 32.3. The quantitative estimate of drug-likeness (QED) is 0.254. The molecule has 2 fully saturated rings. The summed E-state index contributed by atoms with van der Waals surface area (Å²) in [7, 11) is -3.91. The lowest BCUT2D eigenvalue weighted by atomic mass is 10.2. The Morgan fingerprint density at radius 2 is 2.00 bits per heavy atom. The Hall–Kier alpha value is -4.04. The molecular weight excluding hydrogens is 450 g/mol. The number of primary sulfonamides is 1. The van der Waals surface area contributed by atoms with Gasteiger partial charge in [0, 0.05) is 17.3 Å². The van der Waals surface area contributed by atoms with Gasteiger partial charge in [-0.3, -0.25) is 10.1 Å². The van der Waals surface area contributed by atoms with Crippen LogP contribution in [0.3, 0.4) is 0 Å². The number of nitrogens with two attached hydrogens (primary N) is 1. The number of carbonyl (C=O) groups is 2. The van der Waals surface area contributed by atoms with Crippen molar-refractivity contribution in [1.29, 1.82) is 0 Å². The fraction of sp³-hybridized carbons (Fsp3) is 0.211. The standard InChI is InChI=1S/C19H19N9O4S/c1-9-2-3-12(7-14(9)33(20,31)32)22-17-25-15-10(6-13-16(29)26-19(30)24-13)8-21-28(15)18(27-17)23-11-4-5-11/h2-3,6-8,11H,4-5H2,1H3,(H2,20,31,32)(H2,22,23,25,27)(H2,24,26,29,30)/b13-6-. The van der Waals surface area contributed by atoms with Crippen molar-refractivity contribution >= 4 is 51.3 Å². The molecule has 1 aliphatic heterocycles. The molecule has 6 N–H and O–H groups in total. The van der Waals surface area contributed by atoms with Crippen LogP contribution in [-0.4, -0.2) is 46.0 Å². The number of sulfonamides is 1. The van der Waals surface area contributed by atoms with Gasteiger partial charge >= 0.3 is 6.03 Å². The molecule has 0 spiro atoms. The molecule has 3 aromatic rings. The smallest absolute Gasteiger partial charge is 0.326 e. The Labute approximate surface area is 187 Å². The molecule has 13 nitrogen and oxygen atoms in total. The maximum atomic E-state index is 11.9. The monoisotopic (exact) mass is 469 g/mol. The minimum Gasteiger partial charge on any atom is -0.351 e. The van der Waals surface area contributed by atoms with Gasteiger partial charge in [0.2, 0.25) is 21.9 Å². The highest BCUT2D eigenvalue weighted by Gasteiger charge is 2.26. The molecule has 3 amide bonds. The minimum absolute atomic E-state index is 0.0114. The highest BCUT2D eigenvalue weighted by atomic mass is 32.2. The normalized spacial score (nSPS) is 17.3. The third-order valence-electron chi connectivity index (χ3n) is 5.08. The second-order valence-electron chi connectivity index (χ2n) is 7.74. The number of fused-ring (bicyclic) bond motifs is 1. The Morgan fingerprint density at radius 3 is 2.67 bits per heavy atom. The van der Waals surface area contributed by atoms with Gasteiger partial charge in [0.1, 0.15) is 5.70 Å². The summed E-state index contributed by atoms with van der Waals surface area (Å²) in [5.74, 6) is 0.0431. The second-order valence-corrected chi connectivity index (χ2v) is 9.27. The van der Waals surface area contributed by atoms with E-state index in [1.165, 1.54) is 22.9 Å². The molecule has 2 aromatic heterocycles. The summed E-state index contributed by atoms with van der Waals surface area (Å²) in [5, 5.41) is 20.5. The summed E-state index contributed by atoms with van der Waals surface area (Å²) in [6.45, 7) is 1.65. The molecule has 2 aliphatic rings. The fourth-order valence-corrected chi connectivity index (χ4v) is 4.12. The summed E-state index contributed by atoms with van der Waals surface area (Å²) >= 11 is 0. The molecule has 1 saturated carbocycles. The van der Waals surface area contributed by atoms with Crippen LogP contribution in [0.5, 0.6) is 0 Å². The van der Waals surface area contributed by atoms with Crippen molar-refractivity contribution in [3.8, 4) is 0 Å². The number of anilines is 3. The molecule has 0 atom stereocenters. The van der Waals surface area contributed by atoms with Gasteiger partial charge in [0.05, 0.1) is 11.1 Å². The van der Waals surface area contributed by atoms with Crippen LogP contribution in [-0.2, 0) is 14.8 Å². The summed E-state index contributed by atoms with van der Waals surface area (Å²) in [6.07, 6.45) is 4.95. The Kier molecular flexibility index (Phi) is 4.75. The molecule has 1 saturated heterocycles. The largest absolute Gasteiger partial charge is 0.351 e. The number of nitrogens with zero attached hydrogens (tertiary/aromatic N) is 4. The van der Waals surface area contributed by atoms with Crippen molar-refractivity contribution in [2.75, 3.05) is 10.6 Å². The Balaban J connectivity index is 1.57. The zero-order chi connectivity index (χ0) is 23.3. The van der Waals surface area contributed by atoms with E-state index >= 15 is 0 Å². The van der Waals surface area contributed by atoms with Crippen molar-refractivity contribution in [3.05, 3.63) is 41.2 Å². The Bertz CT molecular complexity index is 1460. The van der Waals surface area contributed by atoms with Gasteiger partial charge in [-0.2, -0.15) is 19.6 Å². The number of amides is 3. The molecule has 1 aliphatic carbocycles. The van der Waals surface area contributed by atoms with E-state index in [-0.39, 0.29) is 22.6 Å². The predicted octanol–water partition coefficient (Wildman–Crippen LogP) is 0.578. The highest BCUT2D eigenvalue weighted by molar-refractivity contribution is 7.89. The van der Waals surface area contributed by atoms with Gasteiger partial charge in [0.25, 0.3) is 5.91 Å². The molecule has 0 bridgehead atoms. The van der Waals surface area contributed by atoms with Crippen LogP contribution in [0.1, 0.15) is 24.0 Å². The number of carbonyl (C=O) groups excluding carboxylic acids is 2. The van der Waals surface area contributed by atoms with Gasteiger partial charge in [-0.05, 0) is 43.5 Å². The molecular formula is C19H19N9O4S. The SMILES string of the molecule is Cc1ccc(Nc2nc(NC3CC3)n3ncc(/C=C4\NC(=O)NC4=O)c3n2)cc1S(N)(=O)=O. The lowest BCUT2D eigenvalue weighted by molar-refractivity contribution is -0.115. The number of urea groups is 1. The number of nitrogens with one attached hydrogen (secondary N) is 4. The third-order valence-corrected chi connectivity index (χ3v) is 6.13. The van der Waals surface area contributed by atoms with E-state index in [0.717, 1.165) is 12.8 Å². The van der Waals surface area contributed by atoms with Gasteiger partial charge in [-0.15, -0.1) is 0 Å². The van der Waals surface area contributed by atoms with E-state index in [4.69, 9.17) is 5.14 Å². The van der Waals surface area contributed by atoms with Crippen LogP contribution in [0.15, 0.2) is 35.0 Å². The maximum Gasteiger partial charge on any atom is 0.326 e. The Morgan fingerprint density at radius 1 is 1.21 bits per heavy atom. The number of imide groups is 1. The zero-order valence-electron chi connectivity index (χ0n) is 17.3. The van der Waals surface area contributed by atoms with E-state index in [1.807, 2.05) is 0 Å². The molecule has 1 aromatic carbocycles. The summed E-state index contributed by atoms with van der Waals surface area (Å²) < 4.78 is 25.2. The first kappa shape index (κ1) is 20.8. The number of hydrogen-bond acceptors (Lipinski definition) is 9. The molecule has 33 heavy (non-hydrogen) atoms. The lowest BCUT2D eigenvalue weighted by Crippen LogP contribution is -2.22. The summed E-state index contributed by atoms with van der Waals surface area (Å²) in [5.41, 5.74) is 1.85. The summed E-state index contributed by atoms with van der Waals surface area (Å²) in [6, 6.07) is 4.36. The average Bonchev–Trinajstić information content (AvgIpc) is 3.37. The number of rotatable bonds is 6. The van der Waals surface area contributed by atoms with Crippen LogP contribution in [0.25, 0.3) is 11.7 Å². The fourth-order valence-electron chi connectivity index (χ4n) is 3.31. The van der Waals surface area contributed by atoms with Crippen molar-refractivity contribution in [1.82, 2.24) is 30.2 Å². The van der Waals surface area contributed by atoms with Crippen LogP contribution >= 0.6 is 0 Å². The van der Waals surface area contributed by atoms with Crippen LogP contribution in [0.4, 0.5) is 22.4 Å². The average molecular weight is 469 g/mol. The van der Waals surface area contributed by atoms with Gasteiger partial charge in [-0.1, -0.05) is 6.07 Å². The first-order valence-corrected chi connectivity index (χ1v) is 11.5. The zero-order valence-corrected chi connectivity index (χ0v) is 18.1. The number of benzene rings is 1. The molecule has 170 valence electrons. The van der Waals surface area contributed by atoms with Crippen molar-refractivity contribution < 1.29 is 18.0 Å². The van der Waals surface area contributed by atoms with Crippen molar-refractivity contribution in [3.63, 3.8) is 0 Å². The molecule has 3 heterocycles. The molecule has 0 unspecified atom stereocenters. The minimum atomic E-state index is -3.91. The van der Waals surface area contributed by atoms with E-state index in [2.05, 4.69) is 36.3 Å². The van der Waals surface area contributed by atoms with Gasteiger partial charge in [-0.25, -0.2) is 18.4 Å².